The van der Waals surface area contributed by atoms with Gasteiger partial charge in [0.05, 0.1) is 12.2 Å². The number of carbonyl (C=O) groups excluding carboxylic acids is 1. The van der Waals surface area contributed by atoms with Gasteiger partial charge in [-0.2, -0.15) is 5.10 Å². The molecule has 0 saturated heterocycles. The van der Waals surface area contributed by atoms with E-state index in [4.69, 9.17) is 0 Å². The number of benzene rings is 3. The number of tetrazole rings is 1. The van der Waals surface area contributed by atoms with Gasteiger partial charge in [0.25, 0.3) is 5.91 Å². The number of aromatic nitrogens is 6. The number of amides is 1. The van der Waals surface area contributed by atoms with E-state index >= 15 is 0 Å². The van der Waals surface area contributed by atoms with Crippen LogP contribution in [-0.2, 0) is 13.1 Å². The maximum Gasteiger partial charge on any atom is 0.251 e. The molecule has 0 unspecified atom stereocenters. The van der Waals surface area contributed by atoms with Crippen molar-refractivity contribution in [3.05, 3.63) is 114 Å². The summed E-state index contributed by atoms with van der Waals surface area (Å²) in [6.07, 6.45) is 5.24. The summed E-state index contributed by atoms with van der Waals surface area (Å²) in [5.74, 6) is -0.136. The van der Waals surface area contributed by atoms with Crippen LogP contribution in [0.4, 0.5) is 0 Å². The molecule has 2 heterocycles. The van der Waals surface area contributed by atoms with Crippen LogP contribution in [0, 0.1) is 0 Å². The van der Waals surface area contributed by atoms with E-state index in [2.05, 4.69) is 56.3 Å². The monoisotopic (exact) mass is 435 g/mol. The number of nitrogens with zero attached hydrogens (tertiary/aromatic N) is 6. The Labute approximate surface area is 190 Å². The van der Waals surface area contributed by atoms with Crippen LogP contribution in [0.25, 0.3) is 16.8 Å². The Morgan fingerprint density at radius 1 is 0.909 bits per heavy atom. The van der Waals surface area contributed by atoms with Gasteiger partial charge in [0, 0.05) is 24.5 Å². The molecule has 0 bridgehead atoms. The lowest BCUT2D eigenvalue weighted by atomic mass is 9.98. The highest BCUT2D eigenvalue weighted by atomic mass is 16.1. The van der Waals surface area contributed by atoms with E-state index in [-0.39, 0.29) is 5.91 Å². The smallest absolute Gasteiger partial charge is 0.251 e. The normalized spacial score (nSPS) is 10.8. The lowest BCUT2D eigenvalue weighted by Crippen LogP contribution is -2.23. The first-order chi connectivity index (χ1) is 16.3. The topological polar surface area (TPSA) is 90.5 Å². The van der Waals surface area contributed by atoms with Crippen LogP contribution in [0.2, 0.25) is 0 Å². The standard InChI is InChI=1S/C25H21N7O/c33-25(21-10-12-23(13-11-21)32-18-27-29-30-32)26-16-22-4-1-2-5-24(22)20-8-6-19(7-9-20)17-31-15-3-14-28-31/h1-15,18H,16-17H2,(H,26,33). The summed E-state index contributed by atoms with van der Waals surface area (Å²) in [5, 5.41) is 18.4. The molecule has 0 aliphatic rings. The van der Waals surface area contributed by atoms with Gasteiger partial charge in [-0.05, 0) is 63.0 Å². The largest absolute Gasteiger partial charge is 0.348 e. The Morgan fingerprint density at radius 3 is 2.45 bits per heavy atom. The molecule has 0 spiro atoms. The van der Waals surface area contributed by atoms with E-state index in [9.17, 15) is 4.79 Å². The molecule has 33 heavy (non-hydrogen) atoms. The van der Waals surface area contributed by atoms with E-state index in [0.29, 0.717) is 12.1 Å². The summed E-state index contributed by atoms with van der Waals surface area (Å²) in [5.41, 5.74) is 5.80. The average Bonchev–Trinajstić information content (AvgIpc) is 3.58. The number of nitrogens with one attached hydrogen (secondary N) is 1. The van der Waals surface area contributed by atoms with Crippen molar-refractivity contribution in [1.29, 1.82) is 0 Å². The molecule has 1 amide bonds. The summed E-state index contributed by atoms with van der Waals surface area (Å²) in [6.45, 7) is 1.16. The van der Waals surface area contributed by atoms with Crippen LogP contribution >= 0.6 is 0 Å². The predicted octanol–water partition coefficient (Wildman–Crippen LogP) is 3.50. The van der Waals surface area contributed by atoms with Crippen molar-refractivity contribution in [2.24, 2.45) is 0 Å². The Kier molecular flexibility index (Phi) is 5.71. The highest BCUT2D eigenvalue weighted by molar-refractivity contribution is 5.94. The van der Waals surface area contributed by atoms with E-state index in [1.165, 1.54) is 16.6 Å². The number of rotatable bonds is 7. The quantitative estimate of drug-likeness (QED) is 0.423. The molecule has 0 aliphatic carbocycles. The van der Waals surface area contributed by atoms with Gasteiger partial charge in [-0.1, -0.05) is 48.5 Å². The predicted molar refractivity (Wildman–Crippen MR) is 124 cm³/mol. The zero-order chi connectivity index (χ0) is 22.5. The Hall–Kier alpha value is -4.59. The number of carbonyl (C=O) groups is 1. The molecule has 8 heteroatoms. The van der Waals surface area contributed by atoms with Gasteiger partial charge in [0.1, 0.15) is 6.33 Å². The van der Waals surface area contributed by atoms with Crippen molar-refractivity contribution < 1.29 is 4.79 Å². The fraction of sp³-hybridized carbons (Fsp3) is 0.0800. The zero-order valence-corrected chi connectivity index (χ0v) is 17.7. The van der Waals surface area contributed by atoms with Gasteiger partial charge in [-0.3, -0.25) is 9.48 Å². The van der Waals surface area contributed by atoms with Crippen molar-refractivity contribution in [2.45, 2.75) is 13.1 Å². The van der Waals surface area contributed by atoms with Crippen molar-refractivity contribution >= 4 is 5.91 Å². The third kappa shape index (κ3) is 4.69. The maximum atomic E-state index is 12.7. The third-order valence-corrected chi connectivity index (χ3v) is 5.37. The first kappa shape index (κ1) is 20.3. The molecule has 8 nitrogen and oxygen atoms in total. The van der Waals surface area contributed by atoms with E-state index in [1.807, 2.05) is 47.3 Å². The summed E-state index contributed by atoms with van der Waals surface area (Å²) >= 11 is 0. The lowest BCUT2D eigenvalue weighted by molar-refractivity contribution is 0.0951. The minimum Gasteiger partial charge on any atom is -0.348 e. The summed E-state index contributed by atoms with van der Waals surface area (Å²) in [7, 11) is 0. The summed E-state index contributed by atoms with van der Waals surface area (Å²) in [4.78, 5) is 12.7. The molecule has 0 saturated carbocycles. The van der Waals surface area contributed by atoms with Crippen LogP contribution in [0.5, 0.6) is 0 Å². The number of hydrogen-bond donors (Lipinski definition) is 1. The fourth-order valence-corrected chi connectivity index (χ4v) is 3.65. The second-order valence-electron chi connectivity index (χ2n) is 7.54. The molecule has 162 valence electrons. The highest BCUT2D eigenvalue weighted by Gasteiger charge is 2.09. The first-order valence-corrected chi connectivity index (χ1v) is 10.5. The van der Waals surface area contributed by atoms with Gasteiger partial charge in [-0.25, -0.2) is 4.68 Å². The molecule has 2 aromatic heterocycles. The summed E-state index contributed by atoms with van der Waals surface area (Å²) < 4.78 is 3.44. The third-order valence-electron chi connectivity index (χ3n) is 5.37. The average molecular weight is 435 g/mol. The second kappa shape index (κ2) is 9.27. The molecule has 0 atom stereocenters. The lowest BCUT2D eigenvalue weighted by Gasteiger charge is -2.12. The molecule has 5 aromatic rings. The molecular weight excluding hydrogens is 414 g/mol. The van der Waals surface area contributed by atoms with E-state index < -0.39 is 0 Å². The molecule has 0 radical (unpaired) electrons. The van der Waals surface area contributed by atoms with E-state index in [1.54, 1.807) is 18.3 Å². The van der Waals surface area contributed by atoms with Crippen LogP contribution in [0.1, 0.15) is 21.5 Å². The maximum absolute atomic E-state index is 12.7. The van der Waals surface area contributed by atoms with Crippen LogP contribution in [0.3, 0.4) is 0 Å². The van der Waals surface area contributed by atoms with Gasteiger partial charge in [0.2, 0.25) is 0 Å². The number of hydrogen-bond acceptors (Lipinski definition) is 5. The summed E-state index contributed by atoms with van der Waals surface area (Å²) in [6, 6.07) is 25.6. The van der Waals surface area contributed by atoms with Gasteiger partial charge in [-0.15, -0.1) is 5.10 Å². The Balaban J connectivity index is 1.27. The Morgan fingerprint density at radius 2 is 1.73 bits per heavy atom. The van der Waals surface area contributed by atoms with Crippen molar-refractivity contribution in [2.75, 3.05) is 0 Å². The minimum atomic E-state index is -0.136. The highest BCUT2D eigenvalue weighted by Crippen LogP contribution is 2.24. The molecular formula is C25H21N7O. The molecule has 0 fully saturated rings. The minimum absolute atomic E-state index is 0.136. The zero-order valence-electron chi connectivity index (χ0n) is 17.7. The van der Waals surface area contributed by atoms with Crippen molar-refractivity contribution in [3.8, 4) is 16.8 Å². The van der Waals surface area contributed by atoms with Crippen molar-refractivity contribution in [1.82, 2.24) is 35.3 Å². The SMILES string of the molecule is O=C(NCc1ccccc1-c1ccc(Cn2cccn2)cc1)c1ccc(-n2cnnn2)cc1. The van der Waals surface area contributed by atoms with Gasteiger partial charge >= 0.3 is 0 Å². The van der Waals surface area contributed by atoms with Crippen LogP contribution in [-0.4, -0.2) is 35.9 Å². The first-order valence-electron chi connectivity index (χ1n) is 10.5. The van der Waals surface area contributed by atoms with E-state index in [0.717, 1.165) is 28.9 Å². The Bertz CT molecular complexity index is 1330. The van der Waals surface area contributed by atoms with Gasteiger partial charge < -0.3 is 5.32 Å². The fourth-order valence-electron chi connectivity index (χ4n) is 3.65. The van der Waals surface area contributed by atoms with Crippen molar-refractivity contribution in [3.63, 3.8) is 0 Å². The molecule has 1 N–H and O–H groups in total. The second-order valence-corrected chi connectivity index (χ2v) is 7.54. The molecule has 0 aliphatic heterocycles. The van der Waals surface area contributed by atoms with Crippen LogP contribution < -0.4 is 5.32 Å². The molecule has 3 aromatic carbocycles. The van der Waals surface area contributed by atoms with Crippen LogP contribution in [0.15, 0.2) is 97.6 Å². The van der Waals surface area contributed by atoms with Gasteiger partial charge in [0.15, 0.2) is 0 Å². The molecule has 5 rings (SSSR count).